The van der Waals surface area contributed by atoms with E-state index in [-0.39, 0.29) is 0 Å². The summed E-state index contributed by atoms with van der Waals surface area (Å²) in [5.74, 6) is 0.720. The molecule has 0 saturated heterocycles. The van der Waals surface area contributed by atoms with Gasteiger partial charge < -0.3 is 0 Å². The van der Waals surface area contributed by atoms with E-state index in [1.165, 1.54) is 11.1 Å². The maximum absolute atomic E-state index is 4.32. The third-order valence-corrected chi connectivity index (χ3v) is 2.82. The monoisotopic (exact) mass is 236 g/mol. The van der Waals surface area contributed by atoms with Crippen molar-refractivity contribution in [2.45, 2.75) is 6.92 Å². The van der Waals surface area contributed by atoms with E-state index in [1.54, 1.807) is 23.3 Å². The highest BCUT2D eigenvalue weighted by Gasteiger charge is 2.05. The Labute approximate surface area is 105 Å². The predicted octanol–water partition coefficient (Wildman–Crippen LogP) is 2.64. The second-order valence-corrected chi connectivity index (χ2v) is 4.05. The lowest BCUT2D eigenvalue weighted by Gasteiger charge is -2.01. The molecule has 0 aliphatic carbocycles. The Kier molecular flexibility index (Phi) is 2.61. The summed E-state index contributed by atoms with van der Waals surface area (Å²) in [6, 6.07) is 8.25. The number of benzene rings is 1. The van der Waals surface area contributed by atoms with Crippen molar-refractivity contribution in [1.82, 2.24) is 19.7 Å². The van der Waals surface area contributed by atoms with Gasteiger partial charge in [0.15, 0.2) is 5.82 Å². The van der Waals surface area contributed by atoms with Crippen molar-refractivity contribution < 1.29 is 0 Å². The van der Waals surface area contributed by atoms with Crippen molar-refractivity contribution in [1.29, 1.82) is 0 Å². The lowest BCUT2D eigenvalue weighted by atomic mass is 10.0. The molecule has 0 spiro atoms. The fourth-order valence-electron chi connectivity index (χ4n) is 1.89. The number of aromatic nitrogens is 4. The standard InChI is InChI=1S/C14H12N4/c1-11-4-2-3-5-13(11)12-8-17-18(10-12)14-9-15-6-7-16-14/h2-10H,1H3. The Morgan fingerprint density at radius 1 is 1.06 bits per heavy atom. The Morgan fingerprint density at radius 2 is 1.94 bits per heavy atom. The molecule has 0 saturated carbocycles. The highest BCUT2D eigenvalue weighted by atomic mass is 15.3. The fraction of sp³-hybridized carbons (Fsp3) is 0.0714. The van der Waals surface area contributed by atoms with Gasteiger partial charge in [-0.05, 0) is 18.1 Å². The Balaban J connectivity index is 2.03. The van der Waals surface area contributed by atoms with E-state index in [0.29, 0.717) is 0 Å². The lowest BCUT2D eigenvalue weighted by Crippen LogP contribution is -1.97. The molecule has 4 heteroatoms. The van der Waals surface area contributed by atoms with Crippen LogP contribution in [0.4, 0.5) is 0 Å². The van der Waals surface area contributed by atoms with Gasteiger partial charge in [0.2, 0.25) is 0 Å². The zero-order valence-corrected chi connectivity index (χ0v) is 9.99. The molecular formula is C14H12N4. The van der Waals surface area contributed by atoms with Gasteiger partial charge in [-0.1, -0.05) is 24.3 Å². The van der Waals surface area contributed by atoms with Crippen LogP contribution in [0.25, 0.3) is 16.9 Å². The number of hydrogen-bond donors (Lipinski definition) is 0. The van der Waals surface area contributed by atoms with Crippen molar-refractivity contribution in [2.24, 2.45) is 0 Å². The summed E-state index contributed by atoms with van der Waals surface area (Å²) in [5, 5.41) is 4.32. The van der Waals surface area contributed by atoms with Crippen LogP contribution in [0.5, 0.6) is 0 Å². The molecule has 0 atom stereocenters. The molecule has 2 aromatic heterocycles. The average Bonchev–Trinajstić information content (AvgIpc) is 2.90. The summed E-state index contributed by atoms with van der Waals surface area (Å²) in [4.78, 5) is 8.25. The molecule has 0 fully saturated rings. The van der Waals surface area contributed by atoms with Crippen molar-refractivity contribution in [3.05, 3.63) is 60.8 Å². The summed E-state index contributed by atoms with van der Waals surface area (Å²) in [6.07, 6.45) is 8.80. The van der Waals surface area contributed by atoms with Crippen LogP contribution in [-0.2, 0) is 0 Å². The third-order valence-electron chi connectivity index (χ3n) is 2.82. The fourth-order valence-corrected chi connectivity index (χ4v) is 1.89. The van der Waals surface area contributed by atoms with Crippen LogP contribution in [0.2, 0.25) is 0 Å². The maximum Gasteiger partial charge on any atom is 0.171 e. The molecule has 0 unspecified atom stereocenters. The minimum Gasteiger partial charge on any atom is -0.259 e. The van der Waals surface area contributed by atoms with Crippen LogP contribution in [-0.4, -0.2) is 19.7 Å². The molecule has 3 aromatic rings. The first kappa shape index (κ1) is 10.7. The lowest BCUT2D eigenvalue weighted by molar-refractivity contribution is 0.838. The summed E-state index contributed by atoms with van der Waals surface area (Å²) in [7, 11) is 0. The molecule has 2 heterocycles. The van der Waals surface area contributed by atoms with E-state index >= 15 is 0 Å². The molecule has 0 bridgehead atoms. The molecule has 88 valence electrons. The van der Waals surface area contributed by atoms with Crippen molar-refractivity contribution in [3.63, 3.8) is 0 Å². The van der Waals surface area contributed by atoms with Crippen LogP contribution < -0.4 is 0 Å². The van der Waals surface area contributed by atoms with Crippen LogP contribution in [0, 0.1) is 6.92 Å². The summed E-state index contributed by atoms with van der Waals surface area (Å²) >= 11 is 0. The minimum absolute atomic E-state index is 0.720. The highest BCUT2D eigenvalue weighted by molar-refractivity contribution is 5.65. The molecule has 18 heavy (non-hydrogen) atoms. The third kappa shape index (κ3) is 1.88. The number of aryl methyl sites for hydroxylation is 1. The molecule has 0 radical (unpaired) electrons. The summed E-state index contributed by atoms with van der Waals surface area (Å²) in [6.45, 7) is 2.09. The highest BCUT2D eigenvalue weighted by Crippen LogP contribution is 2.22. The summed E-state index contributed by atoms with van der Waals surface area (Å²) in [5.41, 5.74) is 3.50. The zero-order chi connectivity index (χ0) is 12.4. The average molecular weight is 236 g/mol. The van der Waals surface area contributed by atoms with E-state index < -0.39 is 0 Å². The molecule has 3 rings (SSSR count). The first-order valence-corrected chi connectivity index (χ1v) is 5.71. The number of nitrogens with zero attached hydrogens (tertiary/aromatic N) is 4. The van der Waals surface area contributed by atoms with Gasteiger partial charge in [-0.15, -0.1) is 0 Å². The van der Waals surface area contributed by atoms with Gasteiger partial charge >= 0.3 is 0 Å². The normalized spacial score (nSPS) is 10.5. The summed E-state index contributed by atoms with van der Waals surface area (Å²) < 4.78 is 1.73. The Morgan fingerprint density at radius 3 is 2.72 bits per heavy atom. The maximum atomic E-state index is 4.32. The number of rotatable bonds is 2. The first-order chi connectivity index (χ1) is 8.84. The van der Waals surface area contributed by atoms with Gasteiger partial charge in [0, 0.05) is 24.2 Å². The number of hydrogen-bond acceptors (Lipinski definition) is 3. The molecular weight excluding hydrogens is 224 g/mol. The van der Waals surface area contributed by atoms with E-state index in [1.807, 2.05) is 24.5 Å². The van der Waals surface area contributed by atoms with Crippen LogP contribution in [0.3, 0.4) is 0 Å². The minimum atomic E-state index is 0.720. The smallest absolute Gasteiger partial charge is 0.171 e. The molecule has 4 nitrogen and oxygen atoms in total. The first-order valence-electron chi connectivity index (χ1n) is 5.71. The van der Waals surface area contributed by atoms with Crippen LogP contribution in [0.1, 0.15) is 5.56 Å². The van der Waals surface area contributed by atoms with E-state index in [9.17, 15) is 0 Å². The van der Waals surface area contributed by atoms with Gasteiger partial charge in [-0.3, -0.25) is 4.98 Å². The largest absolute Gasteiger partial charge is 0.259 e. The SMILES string of the molecule is Cc1ccccc1-c1cnn(-c2cnccn2)c1. The second kappa shape index (κ2) is 4.41. The van der Waals surface area contributed by atoms with E-state index in [4.69, 9.17) is 0 Å². The van der Waals surface area contributed by atoms with Crippen molar-refractivity contribution in [2.75, 3.05) is 0 Å². The van der Waals surface area contributed by atoms with Crippen LogP contribution >= 0.6 is 0 Å². The van der Waals surface area contributed by atoms with E-state index in [2.05, 4.69) is 34.1 Å². The van der Waals surface area contributed by atoms with Gasteiger partial charge in [-0.2, -0.15) is 5.10 Å². The predicted molar refractivity (Wildman–Crippen MR) is 69.3 cm³/mol. The van der Waals surface area contributed by atoms with Gasteiger partial charge in [0.05, 0.1) is 12.4 Å². The molecule has 0 aliphatic rings. The second-order valence-electron chi connectivity index (χ2n) is 4.05. The molecule has 0 N–H and O–H groups in total. The molecule has 0 amide bonds. The Hall–Kier alpha value is -2.49. The van der Waals surface area contributed by atoms with E-state index in [0.717, 1.165) is 11.4 Å². The topological polar surface area (TPSA) is 43.6 Å². The van der Waals surface area contributed by atoms with Gasteiger partial charge in [0.1, 0.15) is 0 Å². The van der Waals surface area contributed by atoms with Gasteiger partial charge in [0.25, 0.3) is 0 Å². The Bertz CT molecular complexity index is 658. The zero-order valence-electron chi connectivity index (χ0n) is 9.99. The molecule has 1 aromatic carbocycles. The van der Waals surface area contributed by atoms with Crippen LogP contribution in [0.15, 0.2) is 55.2 Å². The van der Waals surface area contributed by atoms with Gasteiger partial charge in [-0.25, -0.2) is 9.67 Å². The quantitative estimate of drug-likeness (QED) is 0.687. The van der Waals surface area contributed by atoms with Crippen molar-refractivity contribution >= 4 is 0 Å². The van der Waals surface area contributed by atoms with Crippen molar-refractivity contribution in [3.8, 4) is 16.9 Å². The molecule has 0 aliphatic heterocycles.